The van der Waals surface area contributed by atoms with Crippen molar-refractivity contribution in [1.29, 1.82) is 0 Å². The van der Waals surface area contributed by atoms with Gasteiger partial charge in [0.1, 0.15) is 9.84 Å². The van der Waals surface area contributed by atoms with Crippen molar-refractivity contribution >= 4 is 9.84 Å². The van der Waals surface area contributed by atoms with Gasteiger partial charge in [-0.3, -0.25) is 0 Å². The Morgan fingerprint density at radius 3 is 2.05 bits per heavy atom. The lowest BCUT2D eigenvalue weighted by molar-refractivity contribution is -0.137. The van der Waals surface area contributed by atoms with Crippen LogP contribution in [0.2, 0.25) is 0 Å². The number of halogens is 3. The van der Waals surface area contributed by atoms with Crippen molar-refractivity contribution in [2.75, 3.05) is 11.5 Å². The van der Waals surface area contributed by atoms with Gasteiger partial charge in [0.2, 0.25) is 0 Å². The summed E-state index contributed by atoms with van der Waals surface area (Å²) < 4.78 is 60.1. The van der Waals surface area contributed by atoms with E-state index in [0.717, 1.165) is 12.1 Å². The van der Waals surface area contributed by atoms with Crippen LogP contribution in [0, 0.1) is 5.92 Å². The van der Waals surface area contributed by atoms with E-state index in [0.29, 0.717) is 18.4 Å². The van der Waals surface area contributed by atoms with E-state index in [9.17, 15) is 21.6 Å². The van der Waals surface area contributed by atoms with Crippen LogP contribution in [0.3, 0.4) is 0 Å². The largest absolute Gasteiger partial charge is 0.416 e. The third kappa shape index (κ3) is 3.52. The summed E-state index contributed by atoms with van der Waals surface area (Å²) in [5.41, 5.74) is 5.95. The molecule has 1 aromatic rings. The minimum absolute atomic E-state index is 0.00439. The third-order valence-corrected chi connectivity index (χ3v) is 5.45. The quantitative estimate of drug-likeness (QED) is 0.913. The number of sulfone groups is 1. The number of nitrogens with two attached hydrogens (primary N) is 1. The van der Waals surface area contributed by atoms with E-state index in [1.165, 1.54) is 12.1 Å². The number of benzene rings is 1. The summed E-state index contributed by atoms with van der Waals surface area (Å²) in [4.78, 5) is 0. The Kier molecular flexibility index (Phi) is 4.11. The molecule has 1 atom stereocenters. The van der Waals surface area contributed by atoms with Crippen LogP contribution in [0.25, 0.3) is 0 Å². The third-order valence-electron chi connectivity index (χ3n) is 3.73. The van der Waals surface area contributed by atoms with Gasteiger partial charge in [0.15, 0.2) is 0 Å². The van der Waals surface area contributed by atoms with E-state index in [4.69, 9.17) is 5.73 Å². The molecule has 7 heteroatoms. The number of rotatable bonds is 2. The first kappa shape index (κ1) is 15.3. The highest BCUT2D eigenvalue weighted by Crippen LogP contribution is 2.33. The summed E-state index contributed by atoms with van der Waals surface area (Å²) in [5.74, 6) is 0.202. The van der Waals surface area contributed by atoms with E-state index in [1.807, 2.05) is 0 Å². The summed E-state index contributed by atoms with van der Waals surface area (Å²) in [6, 6.07) is 4.34. The van der Waals surface area contributed by atoms with E-state index in [2.05, 4.69) is 0 Å². The van der Waals surface area contributed by atoms with Crippen LogP contribution < -0.4 is 5.73 Å². The summed E-state index contributed by atoms with van der Waals surface area (Å²) in [5, 5.41) is 0. The van der Waals surface area contributed by atoms with Gasteiger partial charge in [-0.25, -0.2) is 8.42 Å². The lowest BCUT2D eigenvalue weighted by atomic mass is 9.89. The molecule has 1 unspecified atom stereocenters. The summed E-state index contributed by atoms with van der Waals surface area (Å²) in [6.45, 7) is 0. The normalized spacial score (nSPS) is 21.6. The summed E-state index contributed by atoms with van der Waals surface area (Å²) >= 11 is 0. The van der Waals surface area contributed by atoms with Gasteiger partial charge in [0, 0.05) is 6.04 Å². The zero-order valence-electron chi connectivity index (χ0n) is 10.7. The van der Waals surface area contributed by atoms with Gasteiger partial charge in [-0.2, -0.15) is 13.2 Å². The molecule has 0 bridgehead atoms. The molecule has 0 spiro atoms. The standard InChI is InChI=1S/C13H16F3NO2S/c14-13(15,16)11-3-1-9(2-4-11)12(17)10-5-7-20(18,19)8-6-10/h1-4,10,12H,5-8,17H2. The molecular weight excluding hydrogens is 291 g/mol. The van der Waals surface area contributed by atoms with Crippen molar-refractivity contribution in [1.82, 2.24) is 0 Å². The van der Waals surface area contributed by atoms with Crippen molar-refractivity contribution < 1.29 is 21.6 Å². The number of hydrogen-bond acceptors (Lipinski definition) is 3. The molecule has 1 aromatic carbocycles. The molecule has 1 aliphatic heterocycles. The maximum Gasteiger partial charge on any atom is 0.416 e. The molecule has 20 heavy (non-hydrogen) atoms. The Labute approximate surface area is 115 Å². The summed E-state index contributed by atoms with van der Waals surface area (Å²) in [7, 11) is -2.96. The fraction of sp³-hybridized carbons (Fsp3) is 0.538. The highest BCUT2D eigenvalue weighted by Gasteiger charge is 2.31. The Morgan fingerprint density at radius 1 is 1.10 bits per heavy atom. The van der Waals surface area contributed by atoms with Crippen LogP contribution in [0.15, 0.2) is 24.3 Å². The molecule has 2 rings (SSSR count). The van der Waals surface area contributed by atoms with Crippen molar-refractivity contribution in [3.8, 4) is 0 Å². The number of alkyl halides is 3. The molecule has 3 nitrogen and oxygen atoms in total. The van der Waals surface area contributed by atoms with Crippen LogP contribution in [-0.2, 0) is 16.0 Å². The Balaban J connectivity index is 2.08. The zero-order valence-corrected chi connectivity index (χ0v) is 11.5. The van der Waals surface area contributed by atoms with Gasteiger partial charge in [0.05, 0.1) is 17.1 Å². The summed E-state index contributed by atoms with van der Waals surface area (Å²) in [6.07, 6.45) is -3.43. The highest BCUT2D eigenvalue weighted by atomic mass is 32.2. The minimum Gasteiger partial charge on any atom is -0.324 e. The molecule has 1 saturated heterocycles. The molecule has 0 radical (unpaired) electrons. The highest BCUT2D eigenvalue weighted by molar-refractivity contribution is 7.91. The van der Waals surface area contributed by atoms with Gasteiger partial charge in [-0.05, 0) is 36.5 Å². The molecule has 112 valence electrons. The second kappa shape index (κ2) is 5.37. The second-order valence-electron chi connectivity index (χ2n) is 5.13. The van der Waals surface area contributed by atoms with Crippen molar-refractivity contribution in [2.24, 2.45) is 11.7 Å². The molecule has 0 saturated carbocycles. The Morgan fingerprint density at radius 2 is 1.60 bits per heavy atom. The average Bonchev–Trinajstić information content (AvgIpc) is 2.37. The topological polar surface area (TPSA) is 60.2 Å². The van der Waals surface area contributed by atoms with E-state index in [1.54, 1.807) is 0 Å². The van der Waals surface area contributed by atoms with Crippen LogP contribution in [-0.4, -0.2) is 19.9 Å². The number of hydrogen-bond donors (Lipinski definition) is 1. The van der Waals surface area contributed by atoms with Crippen LogP contribution in [0.1, 0.15) is 30.0 Å². The Bertz CT molecular complexity index is 552. The smallest absolute Gasteiger partial charge is 0.324 e. The molecule has 1 aliphatic rings. The molecule has 0 aromatic heterocycles. The van der Waals surface area contributed by atoms with Gasteiger partial charge < -0.3 is 5.73 Å². The molecule has 1 heterocycles. The van der Waals surface area contributed by atoms with Gasteiger partial charge in [0.25, 0.3) is 0 Å². The van der Waals surface area contributed by atoms with Crippen LogP contribution >= 0.6 is 0 Å². The lowest BCUT2D eigenvalue weighted by Gasteiger charge is -2.27. The monoisotopic (exact) mass is 307 g/mol. The first-order chi connectivity index (χ1) is 9.19. The average molecular weight is 307 g/mol. The first-order valence-corrected chi connectivity index (χ1v) is 8.14. The lowest BCUT2D eigenvalue weighted by Crippen LogP contribution is -2.30. The van der Waals surface area contributed by atoms with Gasteiger partial charge in [-0.15, -0.1) is 0 Å². The van der Waals surface area contributed by atoms with Crippen molar-refractivity contribution in [2.45, 2.75) is 25.1 Å². The Hall–Kier alpha value is -1.08. The predicted molar refractivity (Wildman–Crippen MR) is 69.8 cm³/mol. The molecule has 1 fully saturated rings. The second-order valence-corrected chi connectivity index (χ2v) is 7.44. The van der Waals surface area contributed by atoms with Crippen LogP contribution in [0.5, 0.6) is 0 Å². The fourth-order valence-electron chi connectivity index (χ4n) is 2.43. The van der Waals surface area contributed by atoms with Crippen molar-refractivity contribution in [3.05, 3.63) is 35.4 Å². The van der Waals surface area contributed by atoms with E-state index >= 15 is 0 Å². The fourth-order valence-corrected chi connectivity index (χ4v) is 3.96. The molecular formula is C13H16F3NO2S. The molecule has 2 N–H and O–H groups in total. The minimum atomic E-state index is -4.36. The van der Waals surface area contributed by atoms with E-state index < -0.39 is 27.6 Å². The molecule has 0 aliphatic carbocycles. The maximum atomic E-state index is 12.5. The maximum absolute atomic E-state index is 12.5. The zero-order chi connectivity index (χ0) is 15.0. The first-order valence-electron chi connectivity index (χ1n) is 6.32. The van der Waals surface area contributed by atoms with Crippen LogP contribution in [0.4, 0.5) is 13.2 Å². The van der Waals surface area contributed by atoms with E-state index in [-0.39, 0.29) is 17.4 Å². The SMILES string of the molecule is NC(c1ccc(C(F)(F)F)cc1)C1CCS(=O)(=O)CC1. The molecule has 0 amide bonds. The van der Waals surface area contributed by atoms with Crippen molar-refractivity contribution in [3.63, 3.8) is 0 Å². The predicted octanol–water partition coefficient (Wildman–Crippen LogP) is 2.53. The van der Waals surface area contributed by atoms with Gasteiger partial charge in [-0.1, -0.05) is 12.1 Å². The van der Waals surface area contributed by atoms with Gasteiger partial charge >= 0.3 is 6.18 Å².